The standard InChI is InChI=1S/C23H35N3O5/c1-4-30-20-16-19(26-11-13-29-14-12-26)21(31-5-2)15-18(20)24-22(28)23(25-17(3)27)9-7-6-8-10-23/h15-16H,4-14H2,1-3H3,(H,24,28)(H,25,27). The molecule has 1 aliphatic carbocycles. The highest BCUT2D eigenvalue weighted by molar-refractivity contribution is 6.01. The van der Waals surface area contributed by atoms with Crippen molar-refractivity contribution in [2.45, 2.75) is 58.4 Å². The lowest BCUT2D eigenvalue weighted by Gasteiger charge is -2.36. The molecule has 1 saturated carbocycles. The lowest BCUT2D eigenvalue weighted by molar-refractivity contribution is -0.130. The number of morpholine rings is 1. The second kappa shape index (κ2) is 10.7. The maximum Gasteiger partial charge on any atom is 0.250 e. The van der Waals surface area contributed by atoms with Gasteiger partial charge in [-0.25, -0.2) is 0 Å². The second-order valence-electron chi connectivity index (χ2n) is 8.06. The van der Waals surface area contributed by atoms with Crippen molar-refractivity contribution in [2.24, 2.45) is 0 Å². The Bertz CT molecular complexity index is 771. The predicted molar refractivity (Wildman–Crippen MR) is 120 cm³/mol. The van der Waals surface area contributed by atoms with E-state index < -0.39 is 5.54 Å². The van der Waals surface area contributed by atoms with Crippen molar-refractivity contribution < 1.29 is 23.8 Å². The van der Waals surface area contributed by atoms with Crippen LogP contribution in [-0.4, -0.2) is 56.9 Å². The van der Waals surface area contributed by atoms with Gasteiger partial charge in [0.15, 0.2) is 0 Å². The largest absolute Gasteiger partial charge is 0.492 e. The van der Waals surface area contributed by atoms with E-state index in [1.165, 1.54) is 6.92 Å². The van der Waals surface area contributed by atoms with E-state index in [4.69, 9.17) is 14.2 Å². The van der Waals surface area contributed by atoms with Crippen molar-refractivity contribution in [2.75, 3.05) is 49.7 Å². The third-order valence-corrected chi connectivity index (χ3v) is 5.82. The Morgan fingerprint density at radius 3 is 2.29 bits per heavy atom. The van der Waals surface area contributed by atoms with Gasteiger partial charge < -0.3 is 29.7 Å². The molecule has 1 heterocycles. The summed E-state index contributed by atoms with van der Waals surface area (Å²) < 4.78 is 17.3. The van der Waals surface area contributed by atoms with E-state index in [1.54, 1.807) is 0 Å². The van der Waals surface area contributed by atoms with Gasteiger partial charge in [0.05, 0.1) is 37.8 Å². The molecule has 0 aromatic heterocycles. The summed E-state index contributed by atoms with van der Waals surface area (Å²) in [6, 6.07) is 3.77. The van der Waals surface area contributed by atoms with E-state index in [-0.39, 0.29) is 11.8 Å². The zero-order valence-electron chi connectivity index (χ0n) is 18.9. The number of carbonyl (C=O) groups excluding carboxylic acids is 2. The monoisotopic (exact) mass is 433 g/mol. The number of nitrogens with one attached hydrogen (secondary N) is 2. The van der Waals surface area contributed by atoms with E-state index in [0.717, 1.165) is 38.0 Å². The van der Waals surface area contributed by atoms with E-state index in [2.05, 4.69) is 15.5 Å². The number of rotatable bonds is 8. The Morgan fingerprint density at radius 2 is 1.68 bits per heavy atom. The molecule has 0 spiro atoms. The van der Waals surface area contributed by atoms with E-state index in [0.29, 0.717) is 56.5 Å². The molecule has 2 aliphatic rings. The number of hydrogen-bond acceptors (Lipinski definition) is 6. The van der Waals surface area contributed by atoms with Gasteiger partial charge in [-0.3, -0.25) is 9.59 Å². The van der Waals surface area contributed by atoms with Crippen LogP contribution in [-0.2, 0) is 14.3 Å². The number of hydrogen-bond donors (Lipinski definition) is 2. The minimum atomic E-state index is -0.887. The van der Waals surface area contributed by atoms with Crippen LogP contribution in [0.5, 0.6) is 11.5 Å². The van der Waals surface area contributed by atoms with Gasteiger partial charge in [-0.15, -0.1) is 0 Å². The Hall–Kier alpha value is -2.48. The third kappa shape index (κ3) is 5.61. The van der Waals surface area contributed by atoms with Gasteiger partial charge in [0.2, 0.25) is 11.8 Å². The van der Waals surface area contributed by atoms with Gasteiger partial charge >= 0.3 is 0 Å². The average Bonchev–Trinajstić information content (AvgIpc) is 2.76. The molecule has 172 valence electrons. The van der Waals surface area contributed by atoms with Crippen molar-refractivity contribution in [3.05, 3.63) is 12.1 Å². The minimum absolute atomic E-state index is 0.195. The smallest absolute Gasteiger partial charge is 0.250 e. The highest BCUT2D eigenvalue weighted by Gasteiger charge is 2.40. The molecule has 2 N–H and O–H groups in total. The molecule has 1 aromatic carbocycles. The summed E-state index contributed by atoms with van der Waals surface area (Å²) in [5.74, 6) is 0.889. The fraction of sp³-hybridized carbons (Fsp3) is 0.652. The molecule has 2 fully saturated rings. The summed E-state index contributed by atoms with van der Waals surface area (Å²) >= 11 is 0. The van der Waals surface area contributed by atoms with Crippen LogP contribution in [0, 0.1) is 0 Å². The normalized spacial score (nSPS) is 18.2. The van der Waals surface area contributed by atoms with Gasteiger partial charge in [-0.2, -0.15) is 0 Å². The number of anilines is 2. The highest BCUT2D eigenvalue weighted by atomic mass is 16.5. The number of ether oxygens (including phenoxy) is 3. The van der Waals surface area contributed by atoms with Crippen molar-refractivity contribution in [3.8, 4) is 11.5 Å². The highest BCUT2D eigenvalue weighted by Crippen LogP contribution is 2.40. The zero-order valence-corrected chi connectivity index (χ0v) is 18.9. The van der Waals surface area contributed by atoms with E-state index >= 15 is 0 Å². The molecule has 1 saturated heterocycles. The molecule has 0 bridgehead atoms. The van der Waals surface area contributed by atoms with Crippen LogP contribution in [0.3, 0.4) is 0 Å². The van der Waals surface area contributed by atoms with Gasteiger partial charge in [0, 0.05) is 32.1 Å². The molecule has 0 radical (unpaired) electrons. The summed E-state index contributed by atoms with van der Waals surface area (Å²) in [5, 5.41) is 5.96. The predicted octanol–water partition coefficient (Wildman–Crippen LogP) is 3.10. The third-order valence-electron chi connectivity index (χ3n) is 5.82. The van der Waals surface area contributed by atoms with Crippen LogP contribution < -0.4 is 25.0 Å². The molecule has 8 nitrogen and oxygen atoms in total. The first-order valence-corrected chi connectivity index (χ1v) is 11.4. The Kier molecular flexibility index (Phi) is 8.01. The molecule has 1 aromatic rings. The van der Waals surface area contributed by atoms with Crippen LogP contribution in [0.25, 0.3) is 0 Å². The Balaban J connectivity index is 1.93. The molecule has 31 heavy (non-hydrogen) atoms. The summed E-state index contributed by atoms with van der Waals surface area (Å²) in [7, 11) is 0. The van der Waals surface area contributed by atoms with Gasteiger partial charge in [0.25, 0.3) is 0 Å². The van der Waals surface area contributed by atoms with Crippen molar-refractivity contribution in [3.63, 3.8) is 0 Å². The topological polar surface area (TPSA) is 89.1 Å². The van der Waals surface area contributed by atoms with Gasteiger partial charge in [0.1, 0.15) is 17.0 Å². The minimum Gasteiger partial charge on any atom is -0.492 e. The van der Waals surface area contributed by atoms with Crippen LogP contribution in [0.4, 0.5) is 11.4 Å². The molecule has 1 aliphatic heterocycles. The molecule has 3 rings (SSSR count). The zero-order chi connectivity index (χ0) is 22.3. The lowest BCUT2D eigenvalue weighted by atomic mass is 9.80. The molecular formula is C23H35N3O5. The molecule has 2 amide bonds. The molecular weight excluding hydrogens is 398 g/mol. The average molecular weight is 434 g/mol. The van der Waals surface area contributed by atoms with Crippen LogP contribution in [0.1, 0.15) is 52.9 Å². The molecule has 0 unspecified atom stereocenters. The number of amides is 2. The van der Waals surface area contributed by atoms with Crippen LogP contribution >= 0.6 is 0 Å². The van der Waals surface area contributed by atoms with Gasteiger partial charge in [-0.1, -0.05) is 19.3 Å². The summed E-state index contributed by atoms with van der Waals surface area (Å²) in [4.78, 5) is 27.4. The summed E-state index contributed by atoms with van der Waals surface area (Å²) in [6.45, 7) is 9.14. The first-order valence-electron chi connectivity index (χ1n) is 11.4. The van der Waals surface area contributed by atoms with Crippen LogP contribution in [0.2, 0.25) is 0 Å². The summed E-state index contributed by atoms with van der Waals surface area (Å²) in [6.07, 6.45) is 4.15. The number of benzene rings is 1. The Morgan fingerprint density at radius 1 is 1.03 bits per heavy atom. The van der Waals surface area contributed by atoms with Gasteiger partial charge in [-0.05, 0) is 26.7 Å². The molecule has 8 heteroatoms. The second-order valence-corrected chi connectivity index (χ2v) is 8.06. The van der Waals surface area contributed by atoms with E-state index in [9.17, 15) is 9.59 Å². The maximum atomic E-state index is 13.4. The SMILES string of the molecule is CCOc1cc(N2CCOCC2)c(OCC)cc1NC(=O)C1(NC(C)=O)CCCCC1. The maximum absolute atomic E-state index is 13.4. The quantitative estimate of drug-likeness (QED) is 0.655. The van der Waals surface area contributed by atoms with Crippen molar-refractivity contribution in [1.29, 1.82) is 0 Å². The summed E-state index contributed by atoms with van der Waals surface area (Å²) in [5.41, 5.74) is 0.603. The van der Waals surface area contributed by atoms with E-state index in [1.807, 2.05) is 26.0 Å². The van der Waals surface area contributed by atoms with Crippen molar-refractivity contribution >= 4 is 23.2 Å². The van der Waals surface area contributed by atoms with Crippen molar-refractivity contribution in [1.82, 2.24) is 5.32 Å². The number of nitrogens with zero attached hydrogens (tertiary/aromatic N) is 1. The first kappa shape index (κ1) is 23.2. The Labute approximate surface area is 184 Å². The molecule has 0 atom stereocenters. The number of carbonyl (C=O) groups is 2. The lowest BCUT2D eigenvalue weighted by Crippen LogP contribution is -2.57. The van der Waals surface area contributed by atoms with Crippen LogP contribution in [0.15, 0.2) is 12.1 Å². The fourth-order valence-corrected chi connectivity index (χ4v) is 4.39. The fourth-order valence-electron chi connectivity index (χ4n) is 4.39. The first-order chi connectivity index (χ1) is 15.0.